The van der Waals surface area contributed by atoms with Gasteiger partial charge in [-0.3, -0.25) is 4.79 Å². The topological polar surface area (TPSA) is 71.4 Å². The van der Waals surface area contributed by atoms with Crippen molar-refractivity contribution in [2.75, 3.05) is 6.54 Å². The van der Waals surface area contributed by atoms with Gasteiger partial charge in [0, 0.05) is 30.7 Å². The second kappa shape index (κ2) is 5.53. The van der Waals surface area contributed by atoms with Gasteiger partial charge < -0.3 is 4.57 Å². The van der Waals surface area contributed by atoms with Crippen molar-refractivity contribution in [1.29, 1.82) is 0 Å². The average Bonchev–Trinajstić information content (AvgIpc) is 3.05. The number of carbonyl (C=O) groups is 1. The quantitative estimate of drug-likeness (QED) is 0.919. The lowest BCUT2D eigenvalue weighted by molar-refractivity contribution is 0.0970. The molecule has 1 amide bonds. The maximum atomic E-state index is 12.4. The number of amides is 1. The molecule has 6 nitrogen and oxygen atoms in total. The maximum Gasteiger partial charge on any atom is 0.304 e. The Morgan fingerprint density at radius 2 is 2.09 bits per heavy atom. The van der Waals surface area contributed by atoms with Gasteiger partial charge in [0.2, 0.25) is 0 Å². The number of nitrogens with one attached hydrogen (secondary N) is 1. The Kier molecular flexibility index (Phi) is 3.84. The van der Waals surface area contributed by atoms with Crippen LogP contribution in [0.4, 0.5) is 0 Å². The number of fused-ring (bicyclic) bond motifs is 1. The molecule has 3 heterocycles. The van der Waals surface area contributed by atoms with Gasteiger partial charge in [0.05, 0.1) is 0 Å². The van der Waals surface area contributed by atoms with E-state index in [1.807, 2.05) is 18.4 Å². The molecular formula is C14H17N3O3S2. The molecule has 0 atom stereocenters. The van der Waals surface area contributed by atoms with E-state index in [9.17, 15) is 13.2 Å². The van der Waals surface area contributed by atoms with Gasteiger partial charge in [-0.25, -0.2) is 4.72 Å². The number of hydrogen-bond donors (Lipinski definition) is 1. The Labute approximate surface area is 133 Å². The normalized spacial score (nSPS) is 15.5. The average molecular weight is 339 g/mol. The van der Waals surface area contributed by atoms with Crippen LogP contribution in [0.25, 0.3) is 0 Å². The standard InChI is InChI=1S/C14H17N3O3S2/c1-10-3-4-12(16(10)2)14(18)15-22(19,20)17-7-5-13-11(9-17)6-8-21-13/h3-4,6,8H,5,7,9H2,1-2H3,(H,15,18). The van der Waals surface area contributed by atoms with Crippen LogP contribution in [0.15, 0.2) is 23.6 Å². The van der Waals surface area contributed by atoms with Crippen LogP contribution in [0.3, 0.4) is 0 Å². The molecule has 1 N–H and O–H groups in total. The molecule has 1 aliphatic heterocycles. The molecule has 3 rings (SSSR count). The molecule has 0 bridgehead atoms. The predicted octanol–water partition coefficient (Wildman–Crippen LogP) is 1.43. The van der Waals surface area contributed by atoms with Crippen molar-refractivity contribution in [3.63, 3.8) is 0 Å². The van der Waals surface area contributed by atoms with Gasteiger partial charge in [-0.05, 0) is 42.5 Å². The third kappa shape index (κ3) is 2.69. The summed E-state index contributed by atoms with van der Waals surface area (Å²) in [7, 11) is -2.10. The van der Waals surface area contributed by atoms with Crippen molar-refractivity contribution in [2.24, 2.45) is 7.05 Å². The molecule has 2 aromatic rings. The Hall–Kier alpha value is -1.64. The van der Waals surface area contributed by atoms with E-state index in [1.54, 1.807) is 35.1 Å². The van der Waals surface area contributed by atoms with Crippen LogP contribution in [0.5, 0.6) is 0 Å². The Bertz CT molecular complexity index is 820. The number of carbonyl (C=O) groups excluding carboxylic acids is 1. The highest BCUT2D eigenvalue weighted by Gasteiger charge is 2.29. The maximum absolute atomic E-state index is 12.4. The zero-order chi connectivity index (χ0) is 15.9. The number of hydrogen-bond acceptors (Lipinski definition) is 4. The van der Waals surface area contributed by atoms with Crippen LogP contribution >= 0.6 is 11.3 Å². The molecule has 0 saturated carbocycles. The number of aromatic nitrogens is 1. The summed E-state index contributed by atoms with van der Waals surface area (Å²) in [6, 6.07) is 5.33. The minimum atomic E-state index is -3.83. The van der Waals surface area contributed by atoms with E-state index < -0.39 is 16.1 Å². The smallest absolute Gasteiger partial charge is 0.304 e. The van der Waals surface area contributed by atoms with Gasteiger partial charge >= 0.3 is 10.2 Å². The van der Waals surface area contributed by atoms with Crippen molar-refractivity contribution in [2.45, 2.75) is 19.9 Å². The van der Waals surface area contributed by atoms with Gasteiger partial charge in [0.15, 0.2) is 0 Å². The Morgan fingerprint density at radius 3 is 2.77 bits per heavy atom. The van der Waals surface area contributed by atoms with Gasteiger partial charge in [-0.15, -0.1) is 11.3 Å². The van der Waals surface area contributed by atoms with Crippen molar-refractivity contribution in [1.82, 2.24) is 13.6 Å². The van der Waals surface area contributed by atoms with Crippen LogP contribution in [0.1, 0.15) is 26.6 Å². The van der Waals surface area contributed by atoms with Crippen molar-refractivity contribution < 1.29 is 13.2 Å². The van der Waals surface area contributed by atoms with Crippen LogP contribution in [0, 0.1) is 6.92 Å². The second-order valence-corrected chi connectivity index (χ2v) is 7.98. The number of aryl methyl sites for hydroxylation is 1. The molecule has 0 spiro atoms. The fourth-order valence-corrected chi connectivity index (χ4v) is 4.50. The van der Waals surface area contributed by atoms with Gasteiger partial charge in [-0.1, -0.05) is 0 Å². The molecule has 2 aromatic heterocycles. The highest BCUT2D eigenvalue weighted by Crippen LogP contribution is 2.25. The molecule has 0 aromatic carbocycles. The third-order valence-electron chi connectivity index (χ3n) is 3.94. The van der Waals surface area contributed by atoms with Gasteiger partial charge in [0.25, 0.3) is 5.91 Å². The monoisotopic (exact) mass is 339 g/mol. The summed E-state index contributed by atoms with van der Waals surface area (Å²) in [6.07, 6.45) is 0.686. The minimum Gasteiger partial charge on any atom is -0.344 e. The summed E-state index contributed by atoms with van der Waals surface area (Å²) in [4.78, 5) is 13.4. The van der Waals surface area contributed by atoms with Gasteiger partial charge in [0.1, 0.15) is 5.69 Å². The predicted molar refractivity (Wildman–Crippen MR) is 85.0 cm³/mol. The van der Waals surface area contributed by atoms with Crippen LogP contribution in [-0.4, -0.2) is 29.7 Å². The first kappa shape index (κ1) is 15.3. The third-order valence-corrected chi connectivity index (χ3v) is 6.40. The van der Waals surface area contributed by atoms with Crippen LogP contribution in [-0.2, 0) is 30.2 Å². The summed E-state index contributed by atoms with van der Waals surface area (Å²) >= 11 is 1.64. The van der Waals surface area contributed by atoms with Crippen molar-refractivity contribution >= 4 is 27.5 Å². The van der Waals surface area contributed by atoms with Crippen molar-refractivity contribution in [3.05, 3.63) is 45.4 Å². The molecule has 0 fully saturated rings. The summed E-state index contributed by atoms with van der Waals surface area (Å²) in [5.74, 6) is -0.605. The van der Waals surface area contributed by atoms with E-state index in [0.717, 1.165) is 11.3 Å². The first-order valence-electron chi connectivity index (χ1n) is 6.88. The molecular weight excluding hydrogens is 322 g/mol. The molecule has 0 radical (unpaired) electrons. The highest BCUT2D eigenvalue weighted by atomic mass is 32.2. The summed E-state index contributed by atoms with van der Waals surface area (Å²) in [5.41, 5.74) is 2.24. The number of thiophene rings is 1. The van der Waals surface area contributed by atoms with E-state index in [2.05, 4.69) is 4.72 Å². The first-order valence-corrected chi connectivity index (χ1v) is 9.20. The molecule has 0 saturated heterocycles. The van der Waals surface area contributed by atoms with E-state index in [1.165, 1.54) is 9.18 Å². The highest BCUT2D eigenvalue weighted by molar-refractivity contribution is 7.87. The second-order valence-electron chi connectivity index (χ2n) is 5.31. The molecule has 0 unspecified atom stereocenters. The molecule has 8 heteroatoms. The lowest BCUT2D eigenvalue weighted by atomic mass is 10.1. The molecule has 22 heavy (non-hydrogen) atoms. The first-order chi connectivity index (χ1) is 10.4. The van der Waals surface area contributed by atoms with E-state index in [0.29, 0.717) is 25.2 Å². The Morgan fingerprint density at radius 1 is 1.32 bits per heavy atom. The van der Waals surface area contributed by atoms with Crippen LogP contribution in [0.2, 0.25) is 0 Å². The molecule has 0 aliphatic carbocycles. The van der Waals surface area contributed by atoms with Crippen molar-refractivity contribution in [3.8, 4) is 0 Å². The van der Waals surface area contributed by atoms with Crippen LogP contribution < -0.4 is 4.72 Å². The lowest BCUT2D eigenvalue weighted by Gasteiger charge is -2.26. The number of rotatable bonds is 3. The fraction of sp³-hybridized carbons (Fsp3) is 0.357. The van der Waals surface area contributed by atoms with E-state index in [4.69, 9.17) is 0 Å². The summed E-state index contributed by atoms with van der Waals surface area (Å²) in [6.45, 7) is 2.56. The SMILES string of the molecule is Cc1ccc(C(=O)NS(=O)(=O)N2CCc3sccc3C2)n1C. The number of nitrogens with zero attached hydrogens (tertiary/aromatic N) is 2. The largest absolute Gasteiger partial charge is 0.344 e. The summed E-state index contributed by atoms with van der Waals surface area (Å²) < 4.78 is 30.0. The molecule has 1 aliphatic rings. The zero-order valence-corrected chi connectivity index (χ0v) is 14.0. The summed E-state index contributed by atoms with van der Waals surface area (Å²) in [5, 5.41) is 1.96. The molecule has 118 valence electrons. The Balaban J connectivity index is 1.77. The fourth-order valence-electron chi connectivity index (χ4n) is 2.50. The lowest BCUT2D eigenvalue weighted by Crippen LogP contribution is -2.45. The van der Waals surface area contributed by atoms with Gasteiger partial charge in [-0.2, -0.15) is 12.7 Å². The van der Waals surface area contributed by atoms with E-state index >= 15 is 0 Å². The van der Waals surface area contributed by atoms with E-state index in [-0.39, 0.29) is 0 Å². The zero-order valence-electron chi connectivity index (χ0n) is 12.4. The minimum absolute atomic E-state index is 0.313.